The second-order valence-electron chi connectivity index (χ2n) is 6.79. The van der Waals surface area contributed by atoms with Crippen molar-refractivity contribution in [3.05, 3.63) is 47.1 Å². The standard InChI is InChI=1S/C20H22ClN3O2/c1-26-16-8-6-15(7-9-16)24-18-10-5-14(13-17(18)19(21)22-24)20(25)23-11-3-2-4-12-23/h5-8,10,13,16H,2-4,9,11-12H2,1H3. The summed E-state index contributed by atoms with van der Waals surface area (Å²) in [4.78, 5) is 14.7. The number of benzene rings is 1. The van der Waals surface area contributed by atoms with Crippen LogP contribution < -0.4 is 0 Å². The van der Waals surface area contributed by atoms with Gasteiger partial charge in [-0.25, -0.2) is 4.68 Å². The van der Waals surface area contributed by atoms with Gasteiger partial charge in [0.15, 0.2) is 5.15 Å². The number of nitrogens with zero attached hydrogens (tertiary/aromatic N) is 3. The molecule has 1 aromatic heterocycles. The fourth-order valence-corrected chi connectivity index (χ4v) is 3.84. The van der Waals surface area contributed by atoms with Crippen LogP contribution in [0.1, 0.15) is 36.0 Å². The Morgan fingerprint density at radius 3 is 2.77 bits per heavy atom. The Bertz CT molecular complexity index is 894. The minimum absolute atomic E-state index is 0.0788. The molecule has 1 aliphatic carbocycles. The molecule has 4 rings (SSSR count). The molecular formula is C20H22ClN3O2. The number of halogens is 1. The van der Waals surface area contributed by atoms with Gasteiger partial charge in [-0.05, 0) is 50.0 Å². The Morgan fingerprint density at radius 1 is 1.27 bits per heavy atom. The molecule has 2 heterocycles. The lowest BCUT2D eigenvalue weighted by Crippen LogP contribution is -2.35. The number of fused-ring (bicyclic) bond motifs is 1. The van der Waals surface area contributed by atoms with Crippen molar-refractivity contribution < 1.29 is 9.53 Å². The average Bonchev–Trinajstić information content (AvgIpc) is 3.04. The fourth-order valence-electron chi connectivity index (χ4n) is 3.61. The van der Waals surface area contributed by atoms with E-state index in [9.17, 15) is 4.79 Å². The first kappa shape index (κ1) is 17.3. The van der Waals surface area contributed by atoms with E-state index in [1.54, 1.807) is 7.11 Å². The molecule has 2 aliphatic rings. The van der Waals surface area contributed by atoms with Crippen LogP contribution >= 0.6 is 11.6 Å². The van der Waals surface area contributed by atoms with Crippen LogP contribution in [0.4, 0.5) is 0 Å². The molecule has 1 aromatic carbocycles. The minimum Gasteiger partial charge on any atom is -0.377 e. The van der Waals surface area contributed by atoms with Gasteiger partial charge in [0.05, 0.1) is 17.3 Å². The van der Waals surface area contributed by atoms with Gasteiger partial charge >= 0.3 is 0 Å². The molecule has 2 aromatic rings. The Kier molecular flexibility index (Phi) is 4.83. The number of hydrogen-bond donors (Lipinski definition) is 0. The molecular weight excluding hydrogens is 350 g/mol. The van der Waals surface area contributed by atoms with Gasteiger partial charge in [-0.2, -0.15) is 5.10 Å². The van der Waals surface area contributed by atoms with Crippen LogP contribution in [-0.4, -0.2) is 46.9 Å². The van der Waals surface area contributed by atoms with Crippen LogP contribution in [0.25, 0.3) is 16.6 Å². The van der Waals surface area contributed by atoms with Crippen molar-refractivity contribution in [2.24, 2.45) is 0 Å². The molecule has 5 nitrogen and oxygen atoms in total. The van der Waals surface area contributed by atoms with Crippen LogP contribution in [0.2, 0.25) is 5.15 Å². The highest BCUT2D eigenvalue weighted by molar-refractivity contribution is 6.34. The SMILES string of the molecule is COC1C=CC(n2nc(Cl)c3cc(C(=O)N4CCCCC4)ccc32)=CC1. The maximum absolute atomic E-state index is 12.8. The summed E-state index contributed by atoms with van der Waals surface area (Å²) in [6.07, 6.45) is 10.4. The monoisotopic (exact) mass is 371 g/mol. The Hall–Kier alpha value is -2.11. The van der Waals surface area contributed by atoms with Gasteiger partial charge in [0.1, 0.15) is 0 Å². The van der Waals surface area contributed by atoms with Gasteiger partial charge in [-0.1, -0.05) is 23.8 Å². The van der Waals surface area contributed by atoms with Gasteiger partial charge in [-0.3, -0.25) is 4.79 Å². The number of piperidine rings is 1. The number of aromatic nitrogens is 2. The highest BCUT2D eigenvalue weighted by atomic mass is 35.5. The maximum atomic E-state index is 12.8. The van der Waals surface area contributed by atoms with Gasteiger partial charge in [0.25, 0.3) is 5.91 Å². The topological polar surface area (TPSA) is 47.4 Å². The third kappa shape index (κ3) is 3.17. The number of allylic oxidation sites excluding steroid dienone is 2. The molecule has 6 heteroatoms. The molecule has 1 fully saturated rings. The molecule has 26 heavy (non-hydrogen) atoms. The summed E-state index contributed by atoms with van der Waals surface area (Å²) in [6, 6.07) is 5.67. The van der Waals surface area contributed by atoms with E-state index in [4.69, 9.17) is 16.3 Å². The lowest BCUT2D eigenvalue weighted by molar-refractivity contribution is 0.0724. The summed E-state index contributed by atoms with van der Waals surface area (Å²) in [5.41, 5.74) is 2.54. The zero-order valence-electron chi connectivity index (χ0n) is 14.8. The van der Waals surface area contributed by atoms with Crippen molar-refractivity contribution in [1.82, 2.24) is 14.7 Å². The lowest BCUT2D eigenvalue weighted by atomic mass is 10.1. The quantitative estimate of drug-likeness (QED) is 0.814. The summed E-state index contributed by atoms with van der Waals surface area (Å²) >= 11 is 6.38. The Balaban J connectivity index is 1.66. The van der Waals surface area contributed by atoms with Crippen molar-refractivity contribution in [3.8, 4) is 0 Å². The molecule has 1 unspecified atom stereocenters. The molecule has 1 atom stereocenters. The summed E-state index contributed by atoms with van der Waals surface area (Å²) in [5, 5.41) is 5.69. The summed E-state index contributed by atoms with van der Waals surface area (Å²) < 4.78 is 7.17. The van der Waals surface area contributed by atoms with E-state index in [0.717, 1.165) is 49.0 Å². The highest BCUT2D eigenvalue weighted by Crippen LogP contribution is 2.29. The number of carbonyl (C=O) groups excluding carboxylic acids is 1. The first-order valence-corrected chi connectivity index (χ1v) is 9.44. The second-order valence-corrected chi connectivity index (χ2v) is 7.14. The number of hydrogen-bond acceptors (Lipinski definition) is 3. The second kappa shape index (κ2) is 7.25. The zero-order chi connectivity index (χ0) is 18.1. The molecule has 0 bridgehead atoms. The van der Waals surface area contributed by atoms with Crippen LogP contribution in [0.15, 0.2) is 36.4 Å². The molecule has 0 saturated carbocycles. The van der Waals surface area contributed by atoms with Crippen molar-refractivity contribution in [1.29, 1.82) is 0 Å². The van der Waals surface area contributed by atoms with Crippen LogP contribution in [0, 0.1) is 0 Å². The number of likely N-dealkylation sites (tertiary alicyclic amines) is 1. The first-order chi connectivity index (χ1) is 12.7. The normalized spacial score (nSPS) is 20.5. The van der Waals surface area contributed by atoms with Gasteiger partial charge in [0.2, 0.25) is 0 Å². The van der Waals surface area contributed by atoms with Crippen molar-refractivity contribution in [3.63, 3.8) is 0 Å². The Morgan fingerprint density at radius 2 is 2.08 bits per heavy atom. The van der Waals surface area contributed by atoms with Gasteiger partial charge in [-0.15, -0.1) is 0 Å². The minimum atomic E-state index is 0.0788. The Labute approximate surface area is 157 Å². The largest absolute Gasteiger partial charge is 0.377 e. The predicted octanol–water partition coefficient (Wildman–Crippen LogP) is 4.13. The maximum Gasteiger partial charge on any atom is 0.253 e. The van der Waals surface area contributed by atoms with Gasteiger partial charge in [0, 0.05) is 31.1 Å². The molecule has 0 N–H and O–H groups in total. The van der Waals surface area contributed by atoms with E-state index in [0.29, 0.717) is 10.7 Å². The number of ether oxygens (including phenoxy) is 1. The predicted molar refractivity (Wildman–Crippen MR) is 103 cm³/mol. The van der Waals surface area contributed by atoms with E-state index in [1.807, 2.05) is 39.9 Å². The van der Waals surface area contributed by atoms with Crippen molar-refractivity contribution >= 4 is 34.1 Å². The molecule has 1 saturated heterocycles. The average molecular weight is 372 g/mol. The van der Waals surface area contributed by atoms with E-state index >= 15 is 0 Å². The van der Waals surface area contributed by atoms with E-state index in [-0.39, 0.29) is 12.0 Å². The van der Waals surface area contributed by atoms with Crippen LogP contribution in [0.3, 0.4) is 0 Å². The molecule has 0 spiro atoms. The highest BCUT2D eigenvalue weighted by Gasteiger charge is 2.20. The lowest BCUT2D eigenvalue weighted by Gasteiger charge is -2.26. The van der Waals surface area contributed by atoms with E-state index in [2.05, 4.69) is 11.2 Å². The molecule has 1 amide bonds. The number of amides is 1. The summed E-state index contributed by atoms with van der Waals surface area (Å²) in [6.45, 7) is 1.67. The molecule has 0 radical (unpaired) electrons. The summed E-state index contributed by atoms with van der Waals surface area (Å²) in [5.74, 6) is 0.0788. The summed E-state index contributed by atoms with van der Waals surface area (Å²) in [7, 11) is 1.70. The first-order valence-electron chi connectivity index (χ1n) is 9.06. The molecule has 136 valence electrons. The number of carbonyl (C=O) groups is 1. The third-order valence-corrected chi connectivity index (χ3v) is 5.39. The number of methoxy groups -OCH3 is 1. The molecule has 1 aliphatic heterocycles. The van der Waals surface area contributed by atoms with E-state index < -0.39 is 0 Å². The zero-order valence-corrected chi connectivity index (χ0v) is 15.6. The van der Waals surface area contributed by atoms with Gasteiger partial charge < -0.3 is 9.64 Å². The fraction of sp³-hybridized carbons (Fsp3) is 0.400. The van der Waals surface area contributed by atoms with Crippen LogP contribution in [0.5, 0.6) is 0 Å². The van der Waals surface area contributed by atoms with E-state index in [1.165, 1.54) is 6.42 Å². The third-order valence-electron chi connectivity index (χ3n) is 5.11. The number of rotatable bonds is 3. The smallest absolute Gasteiger partial charge is 0.253 e. The van der Waals surface area contributed by atoms with Crippen molar-refractivity contribution in [2.75, 3.05) is 20.2 Å². The van der Waals surface area contributed by atoms with Crippen LogP contribution in [-0.2, 0) is 4.74 Å². The van der Waals surface area contributed by atoms with Crippen molar-refractivity contribution in [2.45, 2.75) is 31.8 Å².